The smallest absolute Gasteiger partial charge is 0.168 e. The molecule has 0 aliphatic carbocycles. The van der Waals surface area contributed by atoms with Crippen LogP contribution in [0, 0.1) is 11.6 Å². The summed E-state index contributed by atoms with van der Waals surface area (Å²) >= 11 is 0. The number of rotatable bonds is 5. The van der Waals surface area contributed by atoms with E-state index in [-0.39, 0.29) is 23.5 Å². The zero-order chi connectivity index (χ0) is 20.0. The van der Waals surface area contributed by atoms with Crippen LogP contribution in [-0.2, 0) is 4.74 Å². The lowest BCUT2D eigenvalue weighted by Crippen LogP contribution is -2.27. The van der Waals surface area contributed by atoms with E-state index in [1.807, 2.05) is 0 Å². The molecule has 0 spiro atoms. The van der Waals surface area contributed by atoms with E-state index in [1.165, 1.54) is 10.7 Å². The second kappa shape index (κ2) is 7.20. The Hall–Kier alpha value is -2.85. The Bertz CT molecular complexity index is 1060. The Balaban J connectivity index is 1.59. The number of fused-ring (bicyclic) bond motifs is 1. The van der Waals surface area contributed by atoms with Gasteiger partial charge in [0, 0.05) is 24.7 Å². The fourth-order valence-electron chi connectivity index (χ4n) is 3.63. The van der Waals surface area contributed by atoms with Crippen LogP contribution in [0.1, 0.15) is 18.0 Å². The number of halogens is 2. The van der Waals surface area contributed by atoms with Crippen molar-refractivity contribution in [2.24, 2.45) is 0 Å². The van der Waals surface area contributed by atoms with Crippen LogP contribution in [0.4, 0.5) is 14.6 Å². The van der Waals surface area contributed by atoms with Gasteiger partial charge in [-0.05, 0) is 13.0 Å². The van der Waals surface area contributed by atoms with Crippen LogP contribution in [0.2, 0.25) is 0 Å². The van der Waals surface area contributed by atoms with Gasteiger partial charge in [-0.1, -0.05) is 0 Å². The standard InChI is InChI=1S/C19H20F2N6O2/c1-28-15-5-16-23-7-14(27(16)26-17(15)10-8-29-9-10)18-12(20)4-13(21)19(25-18)24-11-2-3-22-6-11/h4-5,7,10-11,22H,2-3,6,8-9H2,1H3,(H,24,25). The molecule has 1 unspecified atom stereocenters. The molecule has 0 amide bonds. The van der Waals surface area contributed by atoms with Gasteiger partial charge in [0.05, 0.1) is 32.4 Å². The molecule has 29 heavy (non-hydrogen) atoms. The first kappa shape index (κ1) is 18.2. The lowest BCUT2D eigenvalue weighted by Gasteiger charge is -2.26. The van der Waals surface area contributed by atoms with E-state index in [0.29, 0.717) is 42.5 Å². The highest BCUT2D eigenvalue weighted by molar-refractivity contribution is 5.63. The van der Waals surface area contributed by atoms with Crippen molar-refractivity contribution in [2.75, 3.05) is 38.7 Å². The minimum absolute atomic E-state index is 0.0131. The average Bonchev–Trinajstić information content (AvgIpc) is 3.31. The SMILES string of the molecule is COc1cc2ncc(-c3nc(NC4CCNC4)c(F)cc3F)n2nc1C1COC1. The molecule has 3 aromatic rings. The topological polar surface area (TPSA) is 85.6 Å². The zero-order valence-electron chi connectivity index (χ0n) is 15.8. The van der Waals surface area contributed by atoms with Crippen molar-refractivity contribution < 1.29 is 18.3 Å². The summed E-state index contributed by atoms with van der Waals surface area (Å²) in [6.07, 6.45) is 2.32. The first-order valence-corrected chi connectivity index (χ1v) is 9.48. The van der Waals surface area contributed by atoms with Crippen molar-refractivity contribution in [3.8, 4) is 17.1 Å². The fraction of sp³-hybridized carbons (Fsp3) is 0.421. The number of aromatic nitrogens is 4. The van der Waals surface area contributed by atoms with Crippen molar-refractivity contribution in [1.82, 2.24) is 24.9 Å². The molecule has 0 saturated carbocycles. The monoisotopic (exact) mass is 402 g/mol. The molecular weight excluding hydrogens is 382 g/mol. The van der Waals surface area contributed by atoms with Gasteiger partial charge in [-0.2, -0.15) is 5.10 Å². The predicted molar refractivity (Wildman–Crippen MR) is 101 cm³/mol. The highest BCUT2D eigenvalue weighted by Gasteiger charge is 2.28. The van der Waals surface area contributed by atoms with Gasteiger partial charge in [0.15, 0.2) is 23.1 Å². The molecule has 0 radical (unpaired) electrons. The molecule has 5 heterocycles. The van der Waals surface area contributed by atoms with E-state index in [0.717, 1.165) is 19.0 Å². The van der Waals surface area contributed by atoms with Gasteiger partial charge in [-0.25, -0.2) is 23.3 Å². The largest absolute Gasteiger partial charge is 0.495 e. The van der Waals surface area contributed by atoms with E-state index < -0.39 is 11.6 Å². The molecule has 2 aliphatic rings. The minimum Gasteiger partial charge on any atom is -0.495 e. The summed E-state index contributed by atoms with van der Waals surface area (Å²) in [4.78, 5) is 8.54. The Labute approximate surface area is 165 Å². The number of pyridine rings is 1. The normalized spacial score (nSPS) is 19.5. The predicted octanol–water partition coefficient (Wildman–Crippen LogP) is 1.97. The van der Waals surface area contributed by atoms with Gasteiger partial charge in [0.2, 0.25) is 0 Å². The summed E-state index contributed by atoms with van der Waals surface area (Å²) in [5.41, 5.74) is 1.53. The van der Waals surface area contributed by atoms with Crippen molar-refractivity contribution in [2.45, 2.75) is 18.4 Å². The summed E-state index contributed by atoms with van der Waals surface area (Å²) < 4.78 is 41.2. The summed E-state index contributed by atoms with van der Waals surface area (Å²) in [5.74, 6) is -0.778. The summed E-state index contributed by atoms with van der Waals surface area (Å²) in [6.45, 7) is 2.65. The molecule has 0 aromatic carbocycles. The molecule has 8 nitrogen and oxygen atoms in total. The van der Waals surface area contributed by atoms with E-state index in [9.17, 15) is 8.78 Å². The summed E-state index contributed by atoms with van der Waals surface area (Å²) in [6, 6.07) is 2.64. The average molecular weight is 402 g/mol. The number of hydrogen-bond acceptors (Lipinski definition) is 7. The number of nitrogens with zero attached hydrogens (tertiary/aromatic N) is 4. The number of hydrogen-bond donors (Lipinski definition) is 2. The van der Waals surface area contributed by atoms with E-state index in [4.69, 9.17) is 9.47 Å². The van der Waals surface area contributed by atoms with Crippen LogP contribution >= 0.6 is 0 Å². The highest BCUT2D eigenvalue weighted by atomic mass is 19.1. The Morgan fingerprint density at radius 3 is 2.83 bits per heavy atom. The summed E-state index contributed by atoms with van der Waals surface area (Å²) in [7, 11) is 1.57. The van der Waals surface area contributed by atoms with Gasteiger partial charge < -0.3 is 20.1 Å². The van der Waals surface area contributed by atoms with Crippen LogP contribution in [0.25, 0.3) is 17.0 Å². The molecule has 5 rings (SSSR count). The molecule has 2 fully saturated rings. The highest BCUT2D eigenvalue weighted by Crippen LogP contribution is 2.32. The van der Waals surface area contributed by atoms with Crippen LogP contribution in [0.15, 0.2) is 18.3 Å². The maximum Gasteiger partial charge on any atom is 0.168 e. The van der Waals surface area contributed by atoms with E-state index >= 15 is 0 Å². The summed E-state index contributed by atoms with van der Waals surface area (Å²) in [5, 5.41) is 10.9. The number of nitrogens with one attached hydrogen (secondary N) is 2. The van der Waals surface area contributed by atoms with Crippen LogP contribution in [0.5, 0.6) is 5.75 Å². The van der Waals surface area contributed by atoms with Crippen molar-refractivity contribution in [1.29, 1.82) is 0 Å². The van der Waals surface area contributed by atoms with Crippen LogP contribution in [-0.4, -0.2) is 59.0 Å². The Morgan fingerprint density at radius 1 is 1.28 bits per heavy atom. The second-order valence-corrected chi connectivity index (χ2v) is 7.23. The second-order valence-electron chi connectivity index (χ2n) is 7.23. The van der Waals surface area contributed by atoms with Crippen molar-refractivity contribution in [3.05, 3.63) is 35.7 Å². The molecule has 3 aromatic heterocycles. The molecule has 1 atom stereocenters. The number of imidazole rings is 1. The molecule has 10 heteroatoms. The third-order valence-electron chi connectivity index (χ3n) is 5.30. The van der Waals surface area contributed by atoms with Crippen LogP contribution in [0.3, 0.4) is 0 Å². The lowest BCUT2D eigenvalue weighted by molar-refractivity contribution is 0.00530. The molecule has 2 N–H and O–H groups in total. The lowest BCUT2D eigenvalue weighted by atomic mass is 10.0. The van der Waals surface area contributed by atoms with Gasteiger partial charge in [0.1, 0.15) is 22.8 Å². The van der Waals surface area contributed by atoms with Gasteiger partial charge in [-0.15, -0.1) is 0 Å². The van der Waals surface area contributed by atoms with E-state index in [2.05, 4.69) is 25.7 Å². The minimum atomic E-state index is -0.773. The van der Waals surface area contributed by atoms with Gasteiger partial charge >= 0.3 is 0 Å². The molecule has 2 saturated heterocycles. The molecule has 0 bridgehead atoms. The van der Waals surface area contributed by atoms with Gasteiger partial charge in [-0.3, -0.25) is 0 Å². The van der Waals surface area contributed by atoms with Crippen LogP contribution < -0.4 is 15.4 Å². The Morgan fingerprint density at radius 2 is 2.14 bits per heavy atom. The maximum absolute atomic E-state index is 14.7. The zero-order valence-corrected chi connectivity index (χ0v) is 15.8. The molecular formula is C19H20F2N6O2. The van der Waals surface area contributed by atoms with Gasteiger partial charge in [0.25, 0.3) is 0 Å². The first-order chi connectivity index (χ1) is 14.1. The molecule has 2 aliphatic heterocycles. The Kier molecular flexibility index (Phi) is 4.51. The fourth-order valence-corrected chi connectivity index (χ4v) is 3.63. The third-order valence-corrected chi connectivity index (χ3v) is 5.30. The number of anilines is 1. The first-order valence-electron chi connectivity index (χ1n) is 9.48. The third kappa shape index (κ3) is 3.18. The maximum atomic E-state index is 14.7. The number of methoxy groups -OCH3 is 1. The number of ether oxygens (including phenoxy) is 2. The quantitative estimate of drug-likeness (QED) is 0.675. The molecule has 152 valence electrons. The van der Waals surface area contributed by atoms with Crippen molar-refractivity contribution in [3.63, 3.8) is 0 Å². The van der Waals surface area contributed by atoms with Crippen molar-refractivity contribution >= 4 is 11.5 Å². The van der Waals surface area contributed by atoms with E-state index in [1.54, 1.807) is 13.2 Å².